The lowest BCUT2D eigenvalue weighted by Crippen LogP contribution is -2.48. The fraction of sp³-hybridized carbons (Fsp3) is 0.905. The molecular formula is C21H42Cl3N5O2. The van der Waals surface area contributed by atoms with Crippen LogP contribution in [-0.2, 0) is 9.59 Å². The molecule has 10 heteroatoms. The van der Waals surface area contributed by atoms with Crippen molar-refractivity contribution < 1.29 is 9.59 Å². The zero-order valence-electron chi connectivity index (χ0n) is 19.0. The Bertz CT molecular complexity index is 533. The summed E-state index contributed by atoms with van der Waals surface area (Å²) in [5.41, 5.74) is -0.581. The van der Waals surface area contributed by atoms with Gasteiger partial charge in [0, 0.05) is 26.1 Å². The third-order valence-electron chi connectivity index (χ3n) is 7.04. The van der Waals surface area contributed by atoms with Crippen molar-refractivity contribution in [3.8, 4) is 0 Å². The number of amides is 2. The Hall–Kier alpha value is -0.310. The van der Waals surface area contributed by atoms with Gasteiger partial charge in [-0.3, -0.25) is 9.59 Å². The van der Waals surface area contributed by atoms with E-state index in [1.807, 2.05) is 0 Å². The summed E-state index contributed by atoms with van der Waals surface area (Å²) in [4.78, 5) is 30.3. The van der Waals surface area contributed by atoms with Gasteiger partial charge in [0.1, 0.15) is 0 Å². The molecule has 3 saturated heterocycles. The summed E-state index contributed by atoms with van der Waals surface area (Å²) in [6.07, 6.45) is 5.60. The van der Waals surface area contributed by atoms with Gasteiger partial charge >= 0.3 is 0 Å². The van der Waals surface area contributed by atoms with Crippen LogP contribution < -0.4 is 16.0 Å². The molecular weight excluding hydrogens is 461 g/mol. The Kier molecular flexibility index (Phi) is 14.6. The van der Waals surface area contributed by atoms with Crippen LogP contribution in [0.2, 0.25) is 0 Å². The standard InChI is InChI=1S/C21H39N5O2.3ClH/c1-25-9-3-17(4-10-25)14-23-19(27)13-21(7-8-22-16-21)20(28)24-15-18-5-11-26(2)12-6-18;;;/h17-18,22H,3-16H2,1-2H3,(H,23,27)(H,24,28);3*1H. The summed E-state index contributed by atoms with van der Waals surface area (Å²) in [7, 11) is 4.30. The van der Waals surface area contributed by atoms with E-state index >= 15 is 0 Å². The summed E-state index contributed by atoms with van der Waals surface area (Å²) in [6, 6.07) is 0. The third kappa shape index (κ3) is 9.22. The second-order valence-corrected chi connectivity index (χ2v) is 9.39. The molecule has 0 aromatic heterocycles. The molecule has 7 nitrogen and oxygen atoms in total. The maximum Gasteiger partial charge on any atom is 0.228 e. The monoisotopic (exact) mass is 501 g/mol. The molecule has 2 amide bonds. The van der Waals surface area contributed by atoms with Gasteiger partial charge < -0.3 is 25.8 Å². The number of likely N-dealkylation sites (tertiary alicyclic amines) is 2. The van der Waals surface area contributed by atoms with E-state index in [4.69, 9.17) is 0 Å². The van der Waals surface area contributed by atoms with Crippen LogP contribution >= 0.6 is 37.2 Å². The number of rotatable bonds is 7. The number of piperidine rings is 2. The number of nitrogens with zero attached hydrogens (tertiary/aromatic N) is 2. The molecule has 0 aromatic rings. The van der Waals surface area contributed by atoms with E-state index in [9.17, 15) is 9.59 Å². The van der Waals surface area contributed by atoms with Crippen molar-refractivity contribution in [1.29, 1.82) is 0 Å². The molecule has 0 spiro atoms. The van der Waals surface area contributed by atoms with Crippen molar-refractivity contribution in [3.63, 3.8) is 0 Å². The van der Waals surface area contributed by atoms with Gasteiger partial charge in [-0.1, -0.05) is 0 Å². The Morgan fingerprint density at radius 1 is 0.871 bits per heavy atom. The van der Waals surface area contributed by atoms with Crippen molar-refractivity contribution >= 4 is 49.0 Å². The number of hydrogen-bond acceptors (Lipinski definition) is 5. The van der Waals surface area contributed by atoms with Gasteiger partial charge in [-0.05, 0) is 90.8 Å². The highest BCUT2D eigenvalue weighted by Gasteiger charge is 2.43. The van der Waals surface area contributed by atoms with Crippen LogP contribution in [0.15, 0.2) is 0 Å². The van der Waals surface area contributed by atoms with Crippen LogP contribution in [0.5, 0.6) is 0 Å². The molecule has 1 unspecified atom stereocenters. The zero-order chi connectivity index (χ0) is 20.0. The fourth-order valence-corrected chi connectivity index (χ4v) is 4.75. The molecule has 0 aliphatic carbocycles. The van der Waals surface area contributed by atoms with Crippen LogP contribution in [0.3, 0.4) is 0 Å². The Balaban J connectivity index is 0.00000300. The van der Waals surface area contributed by atoms with E-state index in [0.717, 1.165) is 77.9 Å². The molecule has 0 saturated carbocycles. The number of halogens is 3. The van der Waals surface area contributed by atoms with Crippen molar-refractivity contribution in [2.45, 2.75) is 38.5 Å². The second-order valence-electron chi connectivity index (χ2n) is 9.39. The van der Waals surface area contributed by atoms with Crippen LogP contribution in [0.1, 0.15) is 38.5 Å². The molecule has 0 aromatic carbocycles. The van der Waals surface area contributed by atoms with Crippen molar-refractivity contribution in [1.82, 2.24) is 25.8 Å². The van der Waals surface area contributed by atoms with E-state index in [1.54, 1.807) is 0 Å². The smallest absolute Gasteiger partial charge is 0.228 e. The van der Waals surface area contributed by atoms with Crippen molar-refractivity contribution in [2.24, 2.45) is 17.3 Å². The topological polar surface area (TPSA) is 76.7 Å². The predicted octanol–water partition coefficient (Wildman–Crippen LogP) is 1.54. The van der Waals surface area contributed by atoms with E-state index < -0.39 is 5.41 Å². The third-order valence-corrected chi connectivity index (χ3v) is 7.04. The van der Waals surface area contributed by atoms with Crippen LogP contribution in [0.4, 0.5) is 0 Å². The maximum absolute atomic E-state index is 13.0. The lowest BCUT2D eigenvalue weighted by atomic mass is 9.81. The fourth-order valence-electron chi connectivity index (χ4n) is 4.75. The highest BCUT2D eigenvalue weighted by atomic mass is 35.5. The van der Waals surface area contributed by atoms with Crippen LogP contribution in [0, 0.1) is 17.3 Å². The van der Waals surface area contributed by atoms with Crippen LogP contribution in [-0.4, -0.2) is 88.1 Å². The Labute approximate surface area is 206 Å². The minimum Gasteiger partial charge on any atom is -0.356 e. The minimum absolute atomic E-state index is 0. The molecule has 3 rings (SSSR count). The first kappa shape index (κ1) is 30.7. The Morgan fingerprint density at radius 3 is 1.81 bits per heavy atom. The molecule has 3 aliphatic rings. The molecule has 1 atom stereocenters. The number of carbonyl (C=O) groups excluding carboxylic acids is 2. The molecule has 3 aliphatic heterocycles. The SMILES string of the molecule is CN1CCC(CNC(=O)CC2(C(=O)NCC3CCN(C)CC3)CCNC2)CC1.Cl.Cl.Cl. The molecule has 3 heterocycles. The van der Waals surface area contributed by atoms with Crippen molar-refractivity contribution in [3.05, 3.63) is 0 Å². The van der Waals surface area contributed by atoms with Crippen molar-refractivity contribution in [2.75, 3.05) is 66.5 Å². The van der Waals surface area contributed by atoms with E-state index in [-0.39, 0.29) is 49.0 Å². The van der Waals surface area contributed by atoms with E-state index in [0.29, 0.717) is 24.8 Å². The van der Waals surface area contributed by atoms with Gasteiger partial charge in [0.15, 0.2) is 0 Å². The lowest BCUT2D eigenvalue weighted by Gasteiger charge is -2.32. The van der Waals surface area contributed by atoms with E-state index in [1.165, 1.54) is 0 Å². The predicted molar refractivity (Wildman–Crippen MR) is 133 cm³/mol. The molecule has 3 N–H and O–H groups in total. The lowest BCUT2D eigenvalue weighted by molar-refractivity contribution is -0.135. The summed E-state index contributed by atoms with van der Waals surface area (Å²) >= 11 is 0. The first-order valence-electron chi connectivity index (χ1n) is 11.1. The maximum atomic E-state index is 13.0. The molecule has 184 valence electrons. The van der Waals surface area contributed by atoms with Gasteiger partial charge in [0.05, 0.1) is 5.41 Å². The highest BCUT2D eigenvalue weighted by molar-refractivity contribution is 5.89. The normalized spacial score (nSPS) is 25.6. The van der Waals surface area contributed by atoms with Gasteiger partial charge in [-0.25, -0.2) is 0 Å². The summed E-state index contributed by atoms with van der Waals surface area (Å²) in [5.74, 6) is 1.21. The highest BCUT2D eigenvalue weighted by Crippen LogP contribution is 2.30. The quantitative estimate of drug-likeness (QED) is 0.492. The van der Waals surface area contributed by atoms with Gasteiger partial charge in [0.25, 0.3) is 0 Å². The first-order valence-corrected chi connectivity index (χ1v) is 11.1. The largest absolute Gasteiger partial charge is 0.356 e. The Morgan fingerprint density at radius 2 is 1.35 bits per heavy atom. The average molecular weight is 503 g/mol. The minimum atomic E-state index is -0.581. The summed E-state index contributed by atoms with van der Waals surface area (Å²) < 4.78 is 0. The zero-order valence-corrected chi connectivity index (χ0v) is 21.4. The van der Waals surface area contributed by atoms with Gasteiger partial charge in [-0.15, -0.1) is 37.2 Å². The molecule has 3 fully saturated rings. The first-order chi connectivity index (χ1) is 13.5. The van der Waals surface area contributed by atoms with Crippen LogP contribution in [0.25, 0.3) is 0 Å². The summed E-state index contributed by atoms with van der Waals surface area (Å²) in [5, 5.41) is 9.60. The van der Waals surface area contributed by atoms with Gasteiger partial charge in [-0.2, -0.15) is 0 Å². The molecule has 31 heavy (non-hydrogen) atoms. The molecule has 0 radical (unpaired) electrons. The average Bonchev–Trinajstić information content (AvgIpc) is 3.16. The number of carbonyl (C=O) groups is 2. The van der Waals surface area contributed by atoms with E-state index in [2.05, 4.69) is 39.8 Å². The second kappa shape index (κ2) is 14.8. The number of hydrogen-bond donors (Lipinski definition) is 3. The summed E-state index contributed by atoms with van der Waals surface area (Å²) in [6.45, 7) is 7.32. The molecule has 0 bridgehead atoms. The van der Waals surface area contributed by atoms with Gasteiger partial charge in [0.2, 0.25) is 11.8 Å². The number of nitrogens with one attached hydrogen (secondary N) is 3.